The second-order valence-corrected chi connectivity index (χ2v) is 8.20. The molecule has 0 radical (unpaired) electrons. The predicted molar refractivity (Wildman–Crippen MR) is 109 cm³/mol. The van der Waals surface area contributed by atoms with Crippen LogP contribution in [0, 0.1) is 11.1 Å². The lowest BCUT2D eigenvalue weighted by molar-refractivity contribution is -0.131. The Morgan fingerprint density at radius 1 is 1.21 bits per heavy atom. The van der Waals surface area contributed by atoms with Gasteiger partial charge in [-0.3, -0.25) is 10.0 Å². The maximum absolute atomic E-state index is 12.9. The number of piperidine rings is 2. The Morgan fingerprint density at radius 3 is 2.86 bits per heavy atom. The summed E-state index contributed by atoms with van der Waals surface area (Å²) in [6.07, 6.45) is 8.08. The Hall–Kier alpha value is -2.09. The van der Waals surface area contributed by atoms with Crippen molar-refractivity contribution in [2.24, 2.45) is 5.92 Å². The molecule has 2 saturated heterocycles. The third-order valence-electron chi connectivity index (χ3n) is 6.47. The summed E-state index contributed by atoms with van der Waals surface area (Å²) in [7, 11) is 1.90. The number of amides is 1. The maximum atomic E-state index is 12.9. The number of carbonyl (C=O) groups is 1. The highest BCUT2D eigenvalue weighted by Crippen LogP contribution is 2.31. The van der Waals surface area contributed by atoms with Gasteiger partial charge in [-0.1, -0.05) is 12.5 Å². The van der Waals surface area contributed by atoms with Gasteiger partial charge in [0.1, 0.15) is 6.54 Å². The van der Waals surface area contributed by atoms with Gasteiger partial charge in [-0.15, -0.1) is 0 Å². The van der Waals surface area contributed by atoms with Crippen LogP contribution >= 0.6 is 0 Å². The van der Waals surface area contributed by atoms with Crippen LogP contribution in [-0.2, 0) is 11.3 Å². The monoisotopic (exact) mass is 385 g/mol. The molecule has 152 valence electrons. The third-order valence-corrected chi connectivity index (χ3v) is 6.47. The number of likely N-dealkylation sites (N-methyl/N-ethyl adjacent to an activating group) is 1. The summed E-state index contributed by atoms with van der Waals surface area (Å²) >= 11 is 0. The van der Waals surface area contributed by atoms with Crippen LogP contribution in [0.3, 0.4) is 0 Å². The number of hydrogen-bond donors (Lipinski definition) is 1. The molecule has 1 aromatic heterocycles. The molecule has 1 N–H and O–H groups in total. The van der Waals surface area contributed by atoms with Gasteiger partial charge in [0.2, 0.25) is 5.91 Å². The molecule has 2 atom stereocenters. The smallest absolute Gasteiger partial charge is 0.242 e. The van der Waals surface area contributed by atoms with Crippen molar-refractivity contribution < 1.29 is 10.0 Å². The van der Waals surface area contributed by atoms with Gasteiger partial charge >= 0.3 is 0 Å². The lowest BCUT2D eigenvalue weighted by atomic mass is 9.83. The van der Waals surface area contributed by atoms with E-state index >= 15 is 0 Å². The van der Waals surface area contributed by atoms with E-state index in [4.69, 9.17) is 0 Å². The van der Waals surface area contributed by atoms with E-state index in [2.05, 4.69) is 4.90 Å². The summed E-state index contributed by atoms with van der Waals surface area (Å²) in [4.78, 5) is 17.4. The summed E-state index contributed by atoms with van der Waals surface area (Å²) in [6.45, 7) is 3.44. The van der Waals surface area contributed by atoms with E-state index < -0.39 is 0 Å². The Bertz CT molecular complexity index is 832. The third kappa shape index (κ3) is 3.74. The number of benzene rings is 1. The first-order valence-electron chi connectivity index (χ1n) is 10.3. The molecule has 0 aliphatic carbocycles. The van der Waals surface area contributed by atoms with Crippen molar-refractivity contribution in [3.05, 3.63) is 35.7 Å². The highest BCUT2D eigenvalue weighted by atomic mass is 16.8. The van der Waals surface area contributed by atoms with Crippen molar-refractivity contribution in [1.82, 2.24) is 14.4 Å². The van der Waals surface area contributed by atoms with E-state index in [1.807, 2.05) is 22.6 Å². The molecule has 2 aliphatic heterocycles. The van der Waals surface area contributed by atoms with Gasteiger partial charge < -0.3 is 24.8 Å². The van der Waals surface area contributed by atoms with Gasteiger partial charge in [0.05, 0.1) is 11.2 Å². The molecule has 2 unspecified atom stereocenters. The zero-order chi connectivity index (χ0) is 19.7. The zero-order valence-electron chi connectivity index (χ0n) is 16.5. The normalized spacial score (nSPS) is 22.8. The fourth-order valence-corrected chi connectivity index (χ4v) is 5.02. The fourth-order valence-electron chi connectivity index (χ4n) is 5.02. The summed E-state index contributed by atoms with van der Waals surface area (Å²) in [5, 5.41) is 21.1. The van der Waals surface area contributed by atoms with Crippen molar-refractivity contribution in [2.75, 3.05) is 31.9 Å². The van der Waals surface area contributed by atoms with E-state index in [0.717, 1.165) is 12.1 Å². The van der Waals surface area contributed by atoms with Gasteiger partial charge in [0.25, 0.3) is 0 Å². The molecule has 3 heterocycles. The summed E-state index contributed by atoms with van der Waals surface area (Å²) in [5.41, 5.74) is 0.960. The van der Waals surface area contributed by atoms with Crippen molar-refractivity contribution in [1.29, 1.82) is 0 Å². The first kappa shape index (κ1) is 19.2. The fraction of sp³-hybridized carbons (Fsp3) is 0.571. The molecule has 4 rings (SSSR count). The second-order valence-electron chi connectivity index (χ2n) is 8.20. The van der Waals surface area contributed by atoms with E-state index in [9.17, 15) is 15.2 Å². The molecule has 0 bridgehead atoms. The molecular weight excluding hydrogens is 356 g/mol. The van der Waals surface area contributed by atoms with Crippen molar-refractivity contribution in [3.63, 3.8) is 0 Å². The quantitative estimate of drug-likeness (QED) is 0.801. The van der Waals surface area contributed by atoms with Crippen LogP contribution in [-0.4, -0.2) is 58.2 Å². The lowest BCUT2D eigenvalue weighted by Gasteiger charge is -2.45. The standard InChI is InChI=1S/C21H29N4O3/c1-22(14-16-6-5-12-23-11-3-2-7-18(16)23)21(26)15-24-13-10-17-19(24)8-4-9-20(17)25(27)28/h4,8-10,13,16,18,27H,2-3,5-7,11-12,14-15H2,1H3/q-1. The van der Waals surface area contributed by atoms with Crippen LogP contribution in [0.2, 0.25) is 0 Å². The summed E-state index contributed by atoms with van der Waals surface area (Å²) in [6, 6.07) is 7.52. The first-order chi connectivity index (χ1) is 13.5. The van der Waals surface area contributed by atoms with Gasteiger partial charge in [-0.2, -0.15) is 0 Å². The van der Waals surface area contributed by atoms with Gasteiger partial charge in [0, 0.05) is 31.2 Å². The van der Waals surface area contributed by atoms with Crippen LogP contribution in [0.1, 0.15) is 32.1 Å². The molecule has 2 aliphatic rings. The van der Waals surface area contributed by atoms with E-state index in [1.54, 1.807) is 24.4 Å². The Balaban J connectivity index is 1.43. The number of aromatic nitrogens is 1. The minimum absolute atomic E-state index is 0.0683. The Labute approximate surface area is 165 Å². The summed E-state index contributed by atoms with van der Waals surface area (Å²) < 4.78 is 1.84. The van der Waals surface area contributed by atoms with Gasteiger partial charge in [-0.25, -0.2) is 0 Å². The molecule has 1 aromatic carbocycles. The van der Waals surface area contributed by atoms with Gasteiger partial charge in [0.15, 0.2) is 0 Å². The molecule has 0 spiro atoms. The maximum Gasteiger partial charge on any atom is 0.242 e. The van der Waals surface area contributed by atoms with Crippen molar-refractivity contribution in [2.45, 2.75) is 44.7 Å². The van der Waals surface area contributed by atoms with Gasteiger partial charge in [-0.05, 0) is 62.9 Å². The number of anilines is 1. The second kappa shape index (κ2) is 8.11. The number of hydrogen-bond acceptors (Lipinski definition) is 5. The van der Waals surface area contributed by atoms with E-state index in [-0.39, 0.29) is 23.4 Å². The molecule has 2 fully saturated rings. The molecule has 7 heteroatoms. The Morgan fingerprint density at radius 2 is 2.04 bits per heavy atom. The van der Waals surface area contributed by atoms with Crippen LogP contribution in [0.5, 0.6) is 0 Å². The average molecular weight is 385 g/mol. The number of rotatable bonds is 5. The van der Waals surface area contributed by atoms with Crippen LogP contribution in [0.4, 0.5) is 5.69 Å². The molecule has 1 amide bonds. The molecule has 0 saturated carbocycles. The number of nitrogens with zero attached hydrogens (tertiary/aromatic N) is 4. The molecule has 28 heavy (non-hydrogen) atoms. The minimum Gasteiger partial charge on any atom is -0.733 e. The van der Waals surface area contributed by atoms with E-state index in [0.29, 0.717) is 17.3 Å². The predicted octanol–water partition coefficient (Wildman–Crippen LogP) is 3.06. The Kier molecular flexibility index (Phi) is 5.57. The SMILES string of the molecule is CN(CC1CCCN2CCCCC12)C(=O)Cn1ccc2c(N([O-])O)cccc21. The average Bonchev–Trinajstić information content (AvgIpc) is 3.11. The lowest BCUT2D eigenvalue weighted by Crippen LogP contribution is -2.51. The minimum atomic E-state index is -0.125. The van der Waals surface area contributed by atoms with Crippen LogP contribution < -0.4 is 5.23 Å². The van der Waals surface area contributed by atoms with Crippen LogP contribution in [0.15, 0.2) is 30.5 Å². The van der Waals surface area contributed by atoms with Crippen LogP contribution in [0.25, 0.3) is 10.9 Å². The van der Waals surface area contributed by atoms with Crippen molar-refractivity contribution in [3.8, 4) is 0 Å². The topological polar surface area (TPSA) is 75.0 Å². The number of fused-ring (bicyclic) bond motifs is 2. The van der Waals surface area contributed by atoms with E-state index in [1.165, 1.54) is 45.2 Å². The van der Waals surface area contributed by atoms with Crippen molar-refractivity contribution >= 4 is 22.5 Å². The molecule has 7 nitrogen and oxygen atoms in total. The summed E-state index contributed by atoms with van der Waals surface area (Å²) in [5.74, 6) is 0.623. The molecule has 2 aromatic rings. The number of carbonyl (C=O) groups excluding carboxylic acids is 1. The first-order valence-corrected chi connectivity index (χ1v) is 10.3. The molecular formula is C21H29N4O3-. The largest absolute Gasteiger partial charge is 0.733 e. The highest BCUT2D eigenvalue weighted by molar-refractivity contribution is 5.93. The zero-order valence-corrected chi connectivity index (χ0v) is 16.5. The highest BCUT2D eigenvalue weighted by Gasteiger charge is 2.34.